The van der Waals surface area contributed by atoms with Gasteiger partial charge in [-0.3, -0.25) is 4.79 Å². The van der Waals surface area contributed by atoms with E-state index in [1.807, 2.05) is 33.8 Å². The standard InChI is InChI=1S/C13H15NO/c1-7-5-8(2)12-11(6-7)13(15)9(3)10(4)14-12/h5-6H,1-4H3,(H,14,15). The number of H-pyrrole nitrogens is 1. The molecule has 0 saturated heterocycles. The molecule has 0 bridgehead atoms. The predicted octanol–water partition coefficient (Wildman–Crippen LogP) is 2.76. The van der Waals surface area contributed by atoms with E-state index < -0.39 is 0 Å². The van der Waals surface area contributed by atoms with Crippen molar-refractivity contribution < 1.29 is 0 Å². The SMILES string of the molecule is Cc1cc(C)c2[nH]c(C)c(C)c(=O)c2c1. The van der Waals surface area contributed by atoms with E-state index >= 15 is 0 Å². The predicted molar refractivity (Wildman–Crippen MR) is 63.5 cm³/mol. The van der Waals surface area contributed by atoms with E-state index in [0.29, 0.717) is 0 Å². The summed E-state index contributed by atoms with van der Waals surface area (Å²) in [5.74, 6) is 0. The van der Waals surface area contributed by atoms with Crippen LogP contribution in [0.2, 0.25) is 0 Å². The lowest BCUT2D eigenvalue weighted by molar-refractivity contribution is 1.16. The average molecular weight is 201 g/mol. The Hall–Kier alpha value is -1.57. The Morgan fingerprint density at radius 1 is 1.07 bits per heavy atom. The van der Waals surface area contributed by atoms with Crippen molar-refractivity contribution in [1.82, 2.24) is 4.98 Å². The second-order valence-electron chi connectivity index (χ2n) is 4.21. The maximum absolute atomic E-state index is 12.0. The Morgan fingerprint density at radius 3 is 2.40 bits per heavy atom. The first kappa shape index (κ1) is 9.97. The summed E-state index contributed by atoms with van der Waals surface area (Å²) in [4.78, 5) is 15.3. The van der Waals surface area contributed by atoms with Gasteiger partial charge in [-0.05, 0) is 44.9 Å². The molecule has 15 heavy (non-hydrogen) atoms. The van der Waals surface area contributed by atoms with E-state index in [4.69, 9.17) is 0 Å². The first-order valence-corrected chi connectivity index (χ1v) is 5.11. The molecule has 0 spiro atoms. The maximum atomic E-state index is 12.0. The molecule has 1 aromatic heterocycles. The van der Waals surface area contributed by atoms with Crippen molar-refractivity contribution in [2.75, 3.05) is 0 Å². The molecule has 1 heterocycles. The molecule has 78 valence electrons. The third-order valence-electron chi connectivity index (χ3n) is 2.94. The van der Waals surface area contributed by atoms with Gasteiger partial charge < -0.3 is 4.98 Å². The fourth-order valence-electron chi connectivity index (χ4n) is 1.97. The molecule has 0 atom stereocenters. The summed E-state index contributed by atoms with van der Waals surface area (Å²) >= 11 is 0. The fraction of sp³-hybridized carbons (Fsp3) is 0.308. The lowest BCUT2D eigenvalue weighted by atomic mass is 10.0. The molecule has 2 rings (SSSR count). The largest absolute Gasteiger partial charge is 0.358 e. The maximum Gasteiger partial charge on any atom is 0.192 e. The van der Waals surface area contributed by atoms with Crippen LogP contribution in [0, 0.1) is 27.7 Å². The molecule has 2 aromatic rings. The molecule has 0 aliphatic heterocycles. The Morgan fingerprint density at radius 2 is 1.73 bits per heavy atom. The second-order valence-corrected chi connectivity index (χ2v) is 4.21. The molecule has 0 saturated carbocycles. The number of hydrogen-bond acceptors (Lipinski definition) is 1. The zero-order chi connectivity index (χ0) is 11.2. The van der Waals surface area contributed by atoms with Crippen LogP contribution < -0.4 is 5.43 Å². The lowest BCUT2D eigenvalue weighted by Crippen LogP contribution is -2.10. The van der Waals surface area contributed by atoms with Gasteiger partial charge in [0.05, 0.1) is 5.52 Å². The van der Waals surface area contributed by atoms with Gasteiger partial charge in [0.15, 0.2) is 5.43 Å². The lowest BCUT2D eigenvalue weighted by Gasteiger charge is -2.07. The molecule has 2 nitrogen and oxygen atoms in total. The fourth-order valence-corrected chi connectivity index (χ4v) is 1.97. The molecule has 0 radical (unpaired) electrons. The minimum absolute atomic E-state index is 0.146. The zero-order valence-corrected chi connectivity index (χ0v) is 9.56. The average Bonchev–Trinajstić information content (AvgIpc) is 2.17. The van der Waals surface area contributed by atoms with Crippen LogP contribution in [0.4, 0.5) is 0 Å². The minimum Gasteiger partial charge on any atom is -0.358 e. The summed E-state index contributed by atoms with van der Waals surface area (Å²) in [5.41, 5.74) is 5.15. The molecule has 0 fully saturated rings. The highest BCUT2D eigenvalue weighted by Crippen LogP contribution is 2.17. The van der Waals surface area contributed by atoms with Crippen molar-refractivity contribution in [3.8, 4) is 0 Å². The number of pyridine rings is 1. The smallest absolute Gasteiger partial charge is 0.192 e. The van der Waals surface area contributed by atoms with Crippen LogP contribution in [0.3, 0.4) is 0 Å². The van der Waals surface area contributed by atoms with Crippen molar-refractivity contribution in [3.63, 3.8) is 0 Å². The summed E-state index contributed by atoms with van der Waals surface area (Å²) in [6.07, 6.45) is 0. The number of benzene rings is 1. The van der Waals surface area contributed by atoms with Gasteiger partial charge in [0.1, 0.15) is 0 Å². The molecule has 0 amide bonds. The van der Waals surface area contributed by atoms with Crippen LogP contribution in [0.1, 0.15) is 22.4 Å². The molecule has 0 unspecified atom stereocenters. The Bertz CT molecular complexity index is 593. The quantitative estimate of drug-likeness (QED) is 0.698. The number of aryl methyl sites for hydroxylation is 3. The van der Waals surface area contributed by atoms with Crippen LogP contribution >= 0.6 is 0 Å². The molecule has 0 aliphatic rings. The van der Waals surface area contributed by atoms with E-state index in [2.05, 4.69) is 11.1 Å². The van der Waals surface area contributed by atoms with Crippen molar-refractivity contribution in [3.05, 3.63) is 44.7 Å². The minimum atomic E-state index is 0.146. The third kappa shape index (κ3) is 1.46. The van der Waals surface area contributed by atoms with Crippen LogP contribution in [-0.4, -0.2) is 4.98 Å². The second kappa shape index (κ2) is 3.23. The third-order valence-corrected chi connectivity index (χ3v) is 2.94. The Balaban J connectivity index is 3.06. The Labute approximate surface area is 89.0 Å². The first-order valence-electron chi connectivity index (χ1n) is 5.11. The van der Waals surface area contributed by atoms with Gasteiger partial charge in [0, 0.05) is 16.6 Å². The molecule has 1 aromatic carbocycles. The highest BCUT2D eigenvalue weighted by molar-refractivity contribution is 5.83. The van der Waals surface area contributed by atoms with Crippen LogP contribution in [0.5, 0.6) is 0 Å². The van der Waals surface area contributed by atoms with Crippen LogP contribution in [0.25, 0.3) is 10.9 Å². The van der Waals surface area contributed by atoms with Gasteiger partial charge in [-0.1, -0.05) is 6.07 Å². The first-order chi connectivity index (χ1) is 7.00. The highest BCUT2D eigenvalue weighted by Gasteiger charge is 2.07. The molecular formula is C13H15NO. The van der Waals surface area contributed by atoms with Crippen LogP contribution in [0.15, 0.2) is 16.9 Å². The summed E-state index contributed by atoms with van der Waals surface area (Å²) < 4.78 is 0. The van der Waals surface area contributed by atoms with Gasteiger partial charge in [0.25, 0.3) is 0 Å². The Kier molecular flexibility index (Phi) is 2.14. The van der Waals surface area contributed by atoms with Crippen molar-refractivity contribution in [2.45, 2.75) is 27.7 Å². The van der Waals surface area contributed by atoms with Crippen LogP contribution in [-0.2, 0) is 0 Å². The monoisotopic (exact) mass is 201 g/mol. The molecular weight excluding hydrogens is 186 g/mol. The topological polar surface area (TPSA) is 32.9 Å². The molecule has 0 aliphatic carbocycles. The summed E-state index contributed by atoms with van der Waals surface area (Å²) in [6.45, 7) is 7.85. The molecule has 1 N–H and O–H groups in total. The van der Waals surface area contributed by atoms with E-state index in [9.17, 15) is 4.79 Å². The van der Waals surface area contributed by atoms with Gasteiger partial charge in [-0.2, -0.15) is 0 Å². The van der Waals surface area contributed by atoms with Gasteiger partial charge in [0.2, 0.25) is 0 Å². The van der Waals surface area contributed by atoms with Gasteiger partial charge in [-0.15, -0.1) is 0 Å². The van der Waals surface area contributed by atoms with Crippen molar-refractivity contribution in [1.29, 1.82) is 0 Å². The number of rotatable bonds is 0. The summed E-state index contributed by atoms with van der Waals surface area (Å²) in [6, 6.07) is 4.04. The van der Waals surface area contributed by atoms with E-state index in [1.54, 1.807) is 0 Å². The number of nitrogens with one attached hydrogen (secondary N) is 1. The number of aromatic nitrogens is 1. The number of fused-ring (bicyclic) bond motifs is 1. The number of aromatic amines is 1. The summed E-state index contributed by atoms with van der Waals surface area (Å²) in [5, 5.41) is 0.801. The van der Waals surface area contributed by atoms with Gasteiger partial charge in [-0.25, -0.2) is 0 Å². The molecule has 2 heteroatoms. The van der Waals surface area contributed by atoms with Crippen molar-refractivity contribution in [2.24, 2.45) is 0 Å². The highest BCUT2D eigenvalue weighted by atomic mass is 16.1. The summed E-state index contributed by atoms with van der Waals surface area (Å²) in [7, 11) is 0. The number of hydrogen-bond donors (Lipinski definition) is 1. The normalized spacial score (nSPS) is 10.9. The van der Waals surface area contributed by atoms with E-state index in [0.717, 1.165) is 33.3 Å². The van der Waals surface area contributed by atoms with Crippen molar-refractivity contribution >= 4 is 10.9 Å². The van der Waals surface area contributed by atoms with Gasteiger partial charge >= 0.3 is 0 Å². The zero-order valence-electron chi connectivity index (χ0n) is 9.56. The van der Waals surface area contributed by atoms with E-state index in [-0.39, 0.29) is 5.43 Å². The van der Waals surface area contributed by atoms with E-state index in [1.165, 1.54) is 0 Å².